The van der Waals surface area contributed by atoms with Crippen LogP contribution < -0.4 is 10.2 Å². The molecular formula is C12H16N2O3. The molecule has 17 heavy (non-hydrogen) atoms. The predicted octanol–water partition coefficient (Wildman–Crippen LogP) is 1.94. The van der Waals surface area contributed by atoms with Crippen molar-refractivity contribution in [1.29, 1.82) is 0 Å². The smallest absolute Gasteiger partial charge is 0.337 e. The van der Waals surface area contributed by atoms with E-state index in [2.05, 4.69) is 5.32 Å². The van der Waals surface area contributed by atoms with Crippen LogP contribution in [0.1, 0.15) is 23.7 Å². The van der Waals surface area contributed by atoms with Gasteiger partial charge in [-0.15, -0.1) is 0 Å². The Morgan fingerprint density at radius 1 is 1.35 bits per heavy atom. The molecule has 1 aromatic carbocycles. The molecule has 0 spiro atoms. The van der Waals surface area contributed by atoms with Crippen LogP contribution in [-0.4, -0.2) is 30.7 Å². The first-order valence-electron chi connectivity index (χ1n) is 5.41. The molecular weight excluding hydrogens is 220 g/mol. The number of aromatic carboxylic acids is 1. The molecule has 0 fully saturated rings. The molecule has 0 radical (unpaired) electrons. The number of anilines is 1. The van der Waals surface area contributed by atoms with Crippen LogP contribution in [0.3, 0.4) is 0 Å². The highest BCUT2D eigenvalue weighted by Crippen LogP contribution is 2.18. The molecule has 0 atom stereocenters. The van der Waals surface area contributed by atoms with E-state index in [9.17, 15) is 9.59 Å². The van der Waals surface area contributed by atoms with E-state index in [0.717, 1.165) is 6.42 Å². The topological polar surface area (TPSA) is 69.6 Å². The Kier molecular flexibility index (Phi) is 4.51. The number of carboxylic acid groups (broad SMARTS) is 1. The second-order valence-electron chi connectivity index (χ2n) is 3.61. The molecule has 2 N–H and O–H groups in total. The van der Waals surface area contributed by atoms with Gasteiger partial charge in [-0.05, 0) is 18.6 Å². The van der Waals surface area contributed by atoms with Crippen molar-refractivity contribution < 1.29 is 14.7 Å². The van der Waals surface area contributed by atoms with Crippen molar-refractivity contribution in [2.45, 2.75) is 13.3 Å². The SMILES string of the molecule is CCCNC(=O)N(C)c1ccccc1C(=O)O. The van der Waals surface area contributed by atoms with Gasteiger partial charge in [0.25, 0.3) is 0 Å². The van der Waals surface area contributed by atoms with Crippen LogP contribution in [0, 0.1) is 0 Å². The number of hydrogen-bond donors (Lipinski definition) is 2. The standard InChI is InChI=1S/C12H16N2O3/c1-3-8-13-12(17)14(2)10-7-5-4-6-9(10)11(15)16/h4-7H,3,8H2,1-2H3,(H,13,17)(H,15,16). The first-order valence-corrected chi connectivity index (χ1v) is 5.41. The zero-order chi connectivity index (χ0) is 12.8. The Morgan fingerprint density at radius 3 is 2.59 bits per heavy atom. The lowest BCUT2D eigenvalue weighted by molar-refractivity contribution is 0.0697. The maximum absolute atomic E-state index is 11.7. The largest absolute Gasteiger partial charge is 0.478 e. The highest BCUT2D eigenvalue weighted by Gasteiger charge is 2.16. The molecule has 1 aromatic rings. The van der Waals surface area contributed by atoms with Crippen molar-refractivity contribution in [2.75, 3.05) is 18.5 Å². The van der Waals surface area contributed by atoms with Crippen LogP contribution in [0.15, 0.2) is 24.3 Å². The van der Waals surface area contributed by atoms with Gasteiger partial charge >= 0.3 is 12.0 Å². The van der Waals surface area contributed by atoms with Gasteiger partial charge in [0.15, 0.2) is 0 Å². The summed E-state index contributed by atoms with van der Waals surface area (Å²) in [5.74, 6) is -1.05. The molecule has 0 aromatic heterocycles. The molecule has 0 aliphatic carbocycles. The summed E-state index contributed by atoms with van der Waals surface area (Å²) in [7, 11) is 1.55. The number of amides is 2. The monoisotopic (exact) mass is 236 g/mol. The van der Waals surface area contributed by atoms with E-state index in [1.54, 1.807) is 25.2 Å². The van der Waals surface area contributed by atoms with Crippen LogP contribution in [-0.2, 0) is 0 Å². The van der Waals surface area contributed by atoms with Gasteiger partial charge in [-0.1, -0.05) is 19.1 Å². The zero-order valence-electron chi connectivity index (χ0n) is 9.93. The zero-order valence-corrected chi connectivity index (χ0v) is 9.93. The second-order valence-corrected chi connectivity index (χ2v) is 3.61. The summed E-state index contributed by atoms with van der Waals surface area (Å²) in [6.45, 7) is 2.52. The van der Waals surface area contributed by atoms with E-state index in [0.29, 0.717) is 12.2 Å². The molecule has 5 heteroatoms. The number of hydrogen-bond acceptors (Lipinski definition) is 2. The fourth-order valence-electron chi connectivity index (χ4n) is 1.41. The van der Waals surface area contributed by atoms with Crippen molar-refractivity contribution in [1.82, 2.24) is 5.32 Å². The maximum atomic E-state index is 11.7. The fourth-order valence-corrected chi connectivity index (χ4v) is 1.41. The molecule has 0 saturated carbocycles. The van der Waals surface area contributed by atoms with Gasteiger partial charge < -0.3 is 10.4 Å². The van der Waals surface area contributed by atoms with E-state index in [1.165, 1.54) is 11.0 Å². The van der Waals surface area contributed by atoms with Crippen molar-refractivity contribution in [3.63, 3.8) is 0 Å². The minimum Gasteiger partial charge on any atom is -0.478 e. The summed E-state index contributed by atoms with van der Waals surface area (Å²) in [5, 5.41) is 11.7. The van der Waals surface area contributed by atoms with E-state index in [4.69, 9.17) is 5.11 Å². The van der Waals surface area contributed by atoms with E-state index < -0.39 is 5.97 Å². The lowest BCUT2D eigenvalue weighted by Gasteiger charge is -2.19. The molecule has 0 aliphatic rings. The minimum absolute atomic E-state index is 0.113. The number of nitrogens with zero attached hydrogens (tertiary/aromatic N) is 1. The van der Waals surface area contributed by atoms with Crippen molar-refractivity contribution >= 4 is 17.7 Å². The Bertz CT molecular complexity index is 418. The van der Waals surface area contributed by atoms with Crippen molar-refractivity contribution in [3.8, 4) is 0 Å². The van der Waals surface area contributed by atoms with Crippen molar-refractivity contribution in [2.24, 2.45) is 0 Å². The maximum Gasteiger partial charge on any atom is 0.337 e. The summed E-state index contributed by atoms with van der Waals surface area (Å²) in [4.78, 5) is 24.0. The average molecular weight is 236 g/mol. The number of nitrogens with one attached hydrogen (secondary N) is 1. The molecule has 0 saturated heterocycles. The number of rotatable bonds is 4. The molecule has 0 aliphatic heterocycles. The Balaban J connectivity index is 2.91. The summed E-state index contributed by atoms with van der Waals surface area (Å²) >= 11 is 0. The van der Waals surface area contributed by atoms with Crippen LogP contribution in [0.2, 0.25) is 0 Å². The average Bonchev–Trinajstić information content (AvgIpc) is 2.34. The van der Waals surface area contributed by atoms with Gasteiger partial charge in [-0.2, -0.15) is 0 Å². The van der Waals surface area contributed by atoms with E-state index >= 15 is 0 Å². The minimum atomic E-state index is -1.05. The number of carbonyl (C=O) groups is 2. The third-order valence-electron chi connectivity index (χ3n) is 2.33. The number of para-hydroxylation sites is 1. The van der Waals surface area contributed by atoms with Gasteiger partial charge in [0.05, 0.1) is 11.3 Å². The van der Waals surface area contributed by atoms with Gasteiger partial charge in [0.1, 0.15) is 0 Å². The molecule has 2 amide bonds. The molecule has 1 rings (SSSR count). The Hall–Kier alpha value is -2.04. The first-order chi connectivity index (χ1) is 8.07. The Morgan fingerprint density at radius 2 is 2.00 bits per heavy atom. The third kappa shape index (κ3) is 3.21. The van der Waals surface area contributed by atoms with E-state index in [-0.39, 0.29) is 11.6 Å². The van der Waals surface area contributed by atoms with Crippen LogP contribution in [0.25, 0.3) is 0 Å². The van der Waals surface area contributed by atoms with E-state index in [1.807, 2.05) is 6.92 Å². The molecule has 0 heterocycles. The first kappa shape index (κ1) is 13.0. The Labute approximate surface area is 100 Å². The summed E-state index contributed by atoms with van der Waals surface area (Å²) in [5.41, 5.74) is 0.496. The van der Waals surface area contributed by atoms with Crippen LogP contribution >= 0.6 is 0 Å². The lowest BCUT2D eigenvalue weighted by Crippen LogP contribution is -2.38. The molecule has 0 unspecified atom stereocenters. The number of carbonyl (C=O) groups excluding carboxylic acids is 1. The summed E-state index contributed by atoms with van der Waals surface area (Å²) < 4.78 is 0. The number of carboxylic acids is 1. The molecule has 5 nitrogen and oxygen atoms in total. The normalized spacial score (nSPS) is 9.76. The fraction of sp³-hybridized carbons (Fsp3) is 0.333. The summed E-state index contributed by atoms with van der Waals surface area (Å²) in [6.07, 6.45) is 0.833. The van der Waals surface area contributed by atoms with Crippen molar-refractivity contribution in [3.05, 3.63) is 29.8 Å². The quantitative estimate of drug-likeness (QED) is 0.839. The third-order valence-corrected chi connectivity index (χ3v) is 2.33. The predicted molar refractivity (Wildman–Crippen MR) is 65.5 cm³/mol. The van der Waals surface area contributed by atoms with Gasteiger partial charge in [0.2, 0.25) is 0 Å². The van der Waals surface area contributed by atoms with Gasteiger partial charge in [0, 0.05) is 13.6 Å². The van der Waals surface area contributed by atoms with Crippen LogP contribution in [0.5, 0.6) is 0 Å². The van der Waals surface area contributed by atoms with Gasteiger partial charge in [-0.3, -0.25) is 4.90 Å². The highest BCUT2D eigenvalue weighted by atomic mass is 16.4. The second kappa shape index (κ2) is 5.89. The van der Waals surface area contributed by atoms with Crippen LogP contribution in [0.4, 0.5) is 10.5 Å². The highest BCUT2D eigenvalue weighted by molar-refractivity contribution is 6.01. The van der Waals surface area contributed by atoms with Gasteiger partial charge in [-0.25, -0.2) is 9.59 Å². The molecule has 92 valence electrons. The number of benzene rings is 1. The lowest BCUT2D eigenvalue weighted by atomic mass is 10.1. The number of urea groups is 1. The molecule has 0 bridgehead atoms. The summed E-state index contributed by atoms with van der Waals surface area (Å²) in [6, 6.07) is 6.10.